The van der Waals surface area contributed by atoms with Gasteiger partial charge in [0.2, 0.25) is 0 Å². The second-order valence-electron chi connectivity index (χ2n) is 11.5. The summed E-state index contributed by atoms with van der Waals surface area (Å²) < 4.78 is 5.13. The number of allylic oxidation sites excluding steroid dienone is 2. The summed E-state index contributed by atoms with van der Waals surface area (Å²) in [5, 5.41) is 4.63. The number of methoxy groups -OCH3 is 1. The molecule has 1 saturated heterocycles. The molecule has 45 heavy (non-hydrogen) atoms. The largest absolute Gasteiger partial charge is 2.00 e. The maximum atomic E-state index is 14.0. The summed E-state index contributed by atoms with van der Waals surface area (Å²) in [5.74, 6) is -2.49. The van der Waals surface area contributed by atoms with Crippen LogP contribution in [-0.4, -0.2) is 54.5 Å². The number of aldehydes is 2. The Labute approximate surface area is 277 Å². The van der Waals surface area contributed by atoms with Crippen molar-refractivity contribution < 1.29 is 23.9 Å². The van der Waals surface area contributed by atoms with Gasteiger partial charge in [0, 0.05) is 40.8 Å². The van der Waals surface area contributed by atoms with E-state index in [0.29, 0.717) is 80.7 Å². The topological polar surface area (TPSA) is 132 Å². The monoisotopic (exact) mass is 613 g/mol. The van der Waals surface area contributed by atoms with E-state index in [2.05, 4.69) is 18.8 Å². The Hall–Kier alpha value is -4.15. The molecule has 0 aromatic carbocycles. The minimum Gasteiger partial charge on any atom is -0.657 e. The van der Waals surface area contributed by atoms with E-state index in [1.54, 1.807) is 12.2 Å². The number of rotatable bonds is 7. The fraction of sp³-hybridized carbons (Fsp3) is 0.314. The number of ether oxygens (including phenoxy) is 1. The first-order valence-electron chi connectivity index (χ1n) is 14.8. The van der Waals surface area contributed by atoms with Crippen molar-refractivity contribution >= 4 is 77.3 Å². The Balaban J connectivity index is 0.00000400. The number of esters is 1. The van der Waals surface area contributed by atoms with Gasteiger partial charge in [0.05, 0.1) is 7.11 Å². The Morgan fingerprint density at radius 3 is 2.38 bits per heavy atom. The molecule has 3 aromatic rings. The van der Waals surface area contributed by atoms with Crippen LogP contribution in [0.25, 0.3) is 29.9 Å². The quantitative estimate of drug-likeness (QED) is 0.185. The predicted octanol–water partition coefficient (Wildman–Crippen LogP) is 2.36. The van der Waals surface area contributed by atoms with Crippen molar-refractivity contribution in [3.05, 3.63) is 84.8 Å². The Bertz CT molecular complexity index is 1970. The van der Waals surface area contributed by atoms with Crippen molar-refractivity contribution in [2.24, 2.45) is 17.8 Å². The van der Waals surface area contributed by atoms with E-state index < -0.39 is 11.9 Å². The predicted molar refractivity (Wildman–Crippen MR) is 172 cm³/mol. The van der Waals surface area contributed by atoms with Crippen LogP contribution in [0.3, 0.4) is 0 Å². The van der Waals surface area contributed by atoms with E-state index in [1.165, 1.54) is 7.11 Å². The first-order valence-corrected chi connectivity index (χ1v) is 14.8. The summed E-state index contributed by atoms with van der Waals surface area (Å²) in [6.45, 7) is 11.8. The molecule has 0 unspecified atom stereocenters. The molecule has 10 heteroatoms. The third-order valence-electron chi connectivity index (χ3n) is 9.32. The molecular weight excluding hydrogens is 581 g/mol. The van der Waals surface area contributed by atoms with Crippen molar-refractivity contribution in [3.63, 3.8) is 0 Å². The molecule has 5 heterocycles. The smallest absolute Gasteiger partial charge is 0.657 e. The first-order chi connectivity index (χ1) is 21.2. The Morgan fingerprint density at radius 1 is 1.02 bits per heavy atom. The molecule has 0 radical (unpaired) electrons. The fourth-order valence-corrected chi connectivity index (χ4v) is 6.95. The van der Waals surface area contributed by atoms with Crippen LogP contribution in [0.15, 0.2) is 18.0 Å². The van der Waals surface area contributed by atoms with Gasteiger partial charge < -0.3 is 29.8 Å². The molecule has 226 valence electrons. The summed E-state index contributed by atoms with van der Waals surface area (Å²) >= 11 is 0. The minimum atomic E-state index is -1.18. The second-order valence-corrected chi connectivity index (χ2v) is 11.5. The molecule has 0 amide bonds. The SMILES string of the molecule is C=Cc1c2[n-]c(c1C)/C=C1\N/C(=C3\c4[n-]c(c(C)c4C(=O)[C@@H]3C(=O)OC)/C=c3\[n-]/c(c(C=O)c3CC)=C\2)[C@@H](CCC=O)[C@@H]1C.[Mg+2]. The maximum Gasteiger partial charge on any atom is 2.00 e. The molecule has 0 spiro atoms. The van der Waals surface area contributed by atoms with Gasteiger partial charge >= 0.3 is 29.0 Å². The van der Waals surface area contributed by atoms with Crippen LogP contribution in [0.5, 0.6) is 0 Å². The zero-order valence-electron chi connectivity index (χ0n) is 26.1. The van der Waals surface area contributed by atoms with Crippen LogP contribution < -0.4 is 31.0 Å². The number of ketones is 1. The minimum absolute atomic E-state index is 0. The van der Waals surface area contributed by atoms with E-state index in [1.807, 2.05) is 32.9 Å². The van der Waals surface area contributed by atoms with Crippen LogP contribution in [0.1, 0.15) is 92.4 Å². The number of nitrogens with zero attached hydrogens (tertiary/aromatic N) is 3. The summed E-state index contributed by atoms with van der Waals surface area (Å²) in [4.78, 5) is 65.8. The normalized spacial score (nSPS) is 23.9. The second kappa shape index (κ2) is 12.3. The third-order valence-corrected chi connectivity index (χ3v) is 9.32. The number of Topliss-reactive ketones (excluding diaryl/α,β-unsaturated/α-hetero) is 1. The van der Waals surface area contributed by atoms with Gasteiger partial charge in [-0.2, -0.15) is 0 Å². The number of carbonyl (C=O) groups excluding carboxylic acids is 4. The number of nitrogens with one attached hydrogen (secondary N) is 1. The summed E-state index contributed by atoms with van der Waals surface area (Å²) in [7, 11) is 1.27. The molecule has 1 aliphatic carbocycles. The summed E-state index contributed by atoms with van der Waals surface area (Å²) in [5.41, 5.74) is 8.33. The van der Waals surface area contributed by atoms with Crippen molar-refractivity contribution in [1.29, 1.82) is 0 Å². The van der Waals surface area contributed by atoms with Crippen molar-refractivity contribution in [2.75, 3.05) is 7.11 Å². The van der Waals surface area contributed by atoms with Crippen LogP contribution in [0.2, 0.25) is 0 Å². The van der Waals surface area contributed by atoms with Gasteiger partial charge in [-0.15, -0.1) is 33.5 Å². The molecular formula is C35H33MgN4O5-. The average Bonchev–Trinajstić information content (AvgIpc) is 3.76. The van der Waals surface area contributed by atoms with Crippen molar-refractivity contribution in [1.82, 2.24) is 20.3 Å². The molecule has 9 nitrogen and oxygen atoms in total. The molecule has 1 fully saturated rings. The van der Waals surface area contributed by atoms with Crippen LogP contribution in [0, 0.1) is 31.6 Å². The summed E-state index contributed by atoms with van der Waals surface area (Å²) in [6.07, 6.45) is 10.4. The van der Waals surface area contributed by atoms with Gasteiger partial charge in [-0.25, -0.2) is 0 Å². The molecule has 3 aromatic heterocycles. The zero-order chi connectivity index (χ0) is 31.4. The number of carbonyl (C=O) groups is 4. The molecule has 3 atom stereocenters. The van der Waals surface area contributed by atoms with Crippen LogP contribution in [0.4, 0.5) is 0 Å². The van der Waals surface area contributed by atoms with Gasteiger partial charge in [0.25, 0.3) is 0 Å². The van der Waals surface area contributed by atoms with E-state index in [0.717, 1.165) is 35.0 Å². The van der Waals surface area contributed by atoms with Gasteiger partial charge in [-0.05, 0) is 37.8 Å². The van der Waals surface area contributed by atoms with Gasteiger partial charge in [0.15, 0.2) is 5.78 Å². The molecule has 6 rings (SSSR count). The van der Waals surface area contributed by atoms with Gasteiger partial charge in [0.1, 0.15) is 18.5 Å². The third kappa shape index (κ3) is 4.91. The van der Waals surface area contributed by atoms with E-state index >= 15 is 0 Å². The van der Waals surface area contributed by atoms with E-state index in [-0.39, 0.29) is 40.7 Å². The van der Waals surface area contributed by atoms with Crippen molar-refractivity contribution in [3.8, 4) is 0 Å². The molecule has 2 aliphatic heterocycles. The molecule has 0 saturated carbocycles. The number of hydrogen-bond donors (Lipinski definition) is 1. The maximum absolute atomic E-state index is 14.0. The standard InChI is InChI=1S/C35H34N4O5.Mg/c1-7-19-16(3)23-12-24-17(4)21(10-9-11-40)32(38-24)30-31(35(43)44-6)34(42)29-18(5)25(39-33(29)30)13-27-20(8-2)22(15-41)28(37-27)14-26(19)36-23;/h7,11-15,17,21,31H,1,8-10H2,2-6H3,(H2,38,39,41,42);/q-2;+2/p-1/b24-12-,28-14-;/t17-,21-,31+;/m0./s1. The first kappa shape index (κ1) is 32.2. The molecule has 1 N–H and O–H groups in total. The van der Waals surface area contributed by atoms with Crippen molar-refractivity contribution in [2.45, 2.75) is 47.0 Å². The van der Waals surface area contributed by atoms with Gasteiger partial charge in [-0.1, -0.05) is 61.4 Å². The molecule has 8 bridgehead atoms. The van der Waals surface area contributed by atoms with E-state index in [9.17, 15) is 19.2 Å². The fourth-order valence-electron chi connectivity index (χ4n) is 6.95. The molecule has 3 aliphatic rings. The van der Waals surface area contributed by atoms with Gasteiger partial charge in [-0.3, -0.25) is 14.4 Å². The zero-order valence-corrected chi connectivity index (χ0v) is 27.5. The van der Waals surface area contributed by atoms with Crippen LogP contribution >= 0.6 is 0 Å². The Kier molecular flexibility index (Phi) is 8.83. The number of hydrogen-bond acceptors (Lipinski definition) is 6. The summed E-state index contributed by atoms with van der Waals surface area (Å²) in [6, 6.07) is 0. The average molecular weight is 614 g/mol. The van der Waals surface area contributed by atoms with E-state index in [4.69, 9.17) is 19.7 Å². The Morgan fingerprint density at radius 2 is 1.73 bits per heavy atom. The van der Waals surface area contributed by atoms with Crippen LogP contribution in [-0.2, 0) is 20.7 Å². The number of fused-ring (bicyclic) bond motifs is 7. The number of aromatic nitrogens is 3.